The van der Waals surface area contributed by atoms with E-state index >= 15 is 0 Å². The van der Waals surface area contributed by atoms with Crippen LogP contribution in [0.2, 0.25) is 5.02 Å². The topological polar surface area (TPSA) is 51.2 Å². The van der Waals surface area contributed by atoms with Gasteiger partial charge in [-0.3, -0.25) is 4.79 Å². The molecule has 0 radical (unpaired) electrons. The van der Waals surface area contributed by atoms with E-state index in [1.54, 1.807) is 23.5 Å². The smallest absolute Gasteiger partial charge is 0.251 e. The molecular formula is C21H21ClN2O2S. The number of hydrogen-bond donors (Lipinski definition) is 1. The third kappa shape index (κ3) is 5.55. The van der Waals surface area contributed by atoms with Crippen molar-refractivity contribution in [1.29, 1.82) is 0 Å². The fraction of sp³-hybridized carbons (Fsp3) is 0.238. The van der Waals surface area contributed by atoms with Crippen molar-refractivity contribution >= 4 is 28.8 Å². The Morgan fingerprint density at radius 2 is 1.89 bits per heavy atom. The SMILES string of the molecule is CCCOc1ccc(C(=O)NCCc2csc(-c3ccc(Cl)cc3)n2)cc1. The van der Waals surface area contributed by atoms with Crippen LogP contribution in [-0.2, 0) is 6.42 Å². The lowest BCUT2D eigenvalue weighted by atomic mass is 10.2. The van der Waals surface area contributed by atoms with Crippen molar-refractivity contribution in [2.75, 3.05) is 13.2 Å². The zero-order valence-electron chi connectivity index (χ0n) is 15.1. The number of carbonyl (C=O) groups excluding carboxylic acids is 1. The number of rotatable bonds is 8. The lowest BCUT2D eigenvalue weighted by Crippen LogP contribution is -2.25. The number of ether oxygens (including phenoxy) is 1. The summed E-state index contributed by atoms with van der Waals surface area (Å²) in [5.74, 6) is 0.691. The number of halogens is 1. The molecule has 0 saturated heterocycles. The molecule has 3 aromatic rings. The van der Waals surface area contributed by atoms with Crippen molar-refractivity contribution in [1.82, 2.24) is 10.3 Å². The minimum absolute atomic E-state index is 0.0924. The third-order valence-electron chi connectivity index (χ3n) is 3.90. The van der Waals surface area contributed by atoms with Crippen molar-refractivity contribution in [3.05, 3.63) is 70.2 Å². The second-order valence-corrected chi connectivity index (χ2v) is 7.32. The number of benzene rings is 2. The van der Waals surface area contributed by atoms with Crippen LogP contribution in [0.1, 0.15) is 29.4 Å². The zero-order valence-corrected chi connectivity index (χ0v) is 16.6. The molecule has 0 bridgehead atoms. The predicted octanol–water partition coefficient (Wildman–Crippen LogP) is 5.22. The van der Waals surface area contributed by atoms with Gasteiger partial charge in [0.05, 0.1) is 12.3 Å². The summed E-state index contributed by atoms with van der Waals surface area (Å²) in [6.45, 7) is 3.27. The molecule has 1 N–H and O–H groups in total. The number of nitrogens with one attached hydrogen (secondary N) is 1. The third-order valence-corrected chi connectivity index (χ3v) is 5.09. The molecule has 4 nitrogen and oxygen atoms in total. The molecule has 1 amide bonds. The molecule has 1 aromatic heterocycles. The van der Waals surface area contributed by atoms with E-state index in [1.165, 1.54) is 0 Å². The van der Waals surface area contributed by atoms with Crippen LogP contribution in [-0.4, -0.2) is 24.0 Å². The molecule has 27 heavy (non-hydrogen) atoms. The Bertz CT molecular complexity index is 876. The highest BCUT2D eigenvalue weighted by molar-refractivity contribution is 7.13. The minimum atomic E-state index is -0.0924. The molecule has 3 rings (SSSR count). The van der Waals surface area contributed by atoms with Crippen molar-refractivity contribution < 1.29 is 9.53 Å². The average molecular weight is 401 g/mol. The lowest BCUT2D eigenvalue weighted by molar-refractivity contribution is 0.0954. The molecule has 0 fully saturated rings. The lowest BCUT2D eigenvalue weighted by Gasteiger charge is -2.07. The normalized spacial score (nSPS) is 10.6. The quantitative estimate of drug-likeness (QED) is 0.563. The van der Waals surface area contributed by atoms with Crippen LogP contribution in [0.5, 0.6) is 5.75 Å². The largest absolute Gasteiger partial charge is 0.494 e. The summed E-state index contributed by atoms with van der Waals surface area (Å²) < 4.78 is 5.53. The van der Waals surface area contributed by atoms with Gasteiger partial charge < -0.3 is 10.1 Å². The van der Waals surface area contributed by atoms with E-state index in [1.807, 2.05) is 41.8 Å². The number of hydrogen-bond acceptors (Lipinski definition) is 4. The maximum absolute atomic E-state index is 12.2. The van der Waals surface area contributed by atoms with Crippen LogP contribution in [0, 0.1) is 0 Å². The van der Waals surface area contributed by atoms with Crippen molar-refractivity contribution in [2.45, 2.75) is 19.8 Å². The van der Waals surface area contributed by atoms with Gasteiger partial charge in [0.1, 0.15) is 10.8 Å². The number of nitrogens with zero attached hydrogens (tertiary/aromatic N) is 1. The first kappa shape index (κ1) is 19.4. The van der Waals surface area contributed by atoms with E-state index in [-0.39, 0.29) is 5.91 Å². The van der Waals surface area contributed by atoms with E-state index in [0.717, 1.165) is 28.4 Å². The Balaban J connectivity index is 1.49. The van der Waals surface area contributed by atoms with E-state index < -0.39 is 0 Å². The second kappa shape index (κ2) is 9.53. The van der Waals surface area contributed by atoms with E-state index in [9.17, 15) is 4.79 Å². The fourth-order valence-corrected chi connectivity index (χ4v) is 3.46. The van der Waals surface area contributed by atoms with Gasteiger partial charge in [0.2, 0.25) is 0 Å². The summed E-state index contributed by atoms with van der Waals surface area (Å²) >= 11 is 7.51. The van der Waals surface area contributed by atoms with Gasteiger partial charge in [-0.05, 0) is 42.8 Å². The van der Waals surface area contributed by atoms with Crippen molar-refractivity contribution in [3.63, 3.8) is 0 Å². The van der Waals surface area contributed by atoms with Gasteiger partial charge in [-0.2, -0.15) is 0 Å². The highest BCUT2D eigenvalue weighted by Gasteiger charge is 2.08. The van der Waals surface area contributed by atoms with Crippen LogP contribution in [0.4, 0.5) is 0 Å². The molecule has 140 valence electrons. The van der Waals surface area contributed by atoms with Crippen LogP contribution < -0.4 is 10.1 Å². The number of aromatic nitrogens is 1. The molecule has 1 heterocycles. The number of thiazole rings is 1. The Morgan fingerprint density at radius 1 is 1.15 bits per heavy atom. The van der Waals surface area contributed by atoms with Crippen LogP contribution in [0.3, 0.4) is 0 Å². The Hall–Kier alpha value is -2.37. The van der Waals surface area contributed by atoms with Gasteiger partial charge >= 0.3 is 0 Å². The molecule has 0 unspecified atom stereocenters. The Labute approximate surface area is 168 Å². The first-order valence-electron chi connectivity index (χ1n) is 8.87. The first-order chi connectivity index (χ1) is 13.2. The van der Waals surface area contributed by atoms with E-state index in [0.29, 0.717) is 30.2 Å². The van der Waals surface area contributed by atoms with Crippen molar-refractivity contribution in [2.24, 2.45) is 0 Å². The van der Waals surface area contributed by atoms with Crippen LogP contribution >= 0.6 is 22.9 Å². The minimum Gasteiger partial charge on any atom is -0.494 e. The van der Waals surface area contributed by atoms with E-state index in [4.69, 9.17) is 16.3 Å². The molecule has 2 aromatic carbocycles. The Morgan fingerprint density at radius 3 is 2.59 bits per heavy atom. The molecule has 0 aliphatic heterocycles. The van der Waals surface area contributed by atoms with Gasteiger partial charge in [-0.25, -0.2) is 4.98 Å². The average Bonchev–Trinajstić information content (AvgIpc) is 3.16. The molecule has 0 saturated carbocycles. The standard InChI is InChI=1S/C21H21ClN2O2S/c1-2-13-26-19-9-5-15(6-10-19)20(25)23-12-11-18-14-27-21(24-18)16-3-7-17(22)8-4-16/h3-10,14H,2,11-13H2,1H3,(H,23,25). The maximum Gasteiger partial charge on any atom is 0.251 e. The molecule has 6 heteroatoms. The zero-order chi connectivity index (χ0) is 19.1. The summed E-state index contributed by atoms with van der Waals surface area (Å²) in [5.41, 5.74) is 2.64. The first-order valence-corrected chi connectivity index (χ1v) is 10.1. The molecule has 0 aliphatic rings. The van der Waals surface area contributed by atoms with Crippen LogP contribution in [0.15, 0.2) is 53.9 Å². The van der Waals surface area contributed by atoms with Gasteiger partial charge in [0.25, 0.3) is 5.91 Å². The molecule has 0 aliphatic carbocycles. The number of carbonyl (C=O) groups is 1. The van der Waals surface area contributed by atoms with Gasteiger partial charge in [0.15, 0.2) is 0 Å². The maximum atomic E-state index is 12.2. The Kier molecular flexibility index (Phi) is 6.85. The van der Waals surface area contributed by atoms with Crippen LogP contribution in [0.25, 0.3) is 10.6 Å². The summed E-state index contributed by atoms with van der Waals surface area (Å²) in [5, 5.41) is 6.62. The molecule has 0 atom stereocenters. The second-order valence-electron chi connectivity index (χ2n) is 6.03. The summed E-state index contributed by atoms with van der Waals surface area (Å²) in [7, 11) is 0. The summed E-state index contributed by atoms with van der Waals surface area (Å²) in [6.07, 6.45) is 1.64. The summed E-state index contributed by atoms with van der Waals surface area (Å²) in [6, 6.07) is 14.8. The molecule has 0 spiro atoms. The van der Waals surface area contributed by atoms with Gasteiger partial charge in [-0.1, -0.05) is 30.7 Å². The number of amides is 1. The fourth-order valence-electron chi connectivity index (χ4n) is 2.48. The predicted molar refractivity (Wildman–Crippen MR) is 111 cm³/mol. The monoisotopic (exact) mass is 400 g/mol. The highest BCUT2D eigenvalue weighted by atomic mass is 35.5. The van der Waals surface area contributed by atoms with E-state index in [2.05, 4.69) is 17.2 Å². The van der Waals surface area contributed by atoms with Crippen molar-refractivity contribution in [3.8, 4) is 16.3 Å². The highest BCUT2D eigenvalue weighted by Crippen LogP contribution is 2.25. The summed E-state index contributed by atoms with van der Waals surface area (Å²) in [4.78, 5) is 16.9. The van der Waals surface area contributed by atoms with Gasteiger partial charge in [-0.15, -0.1) is 11.3 Å². The van der Waals surface area contributed by atoms with Gasteiger partial charge in [0, 0.05) is 34.5 Å². The molecular weight excluding hydrogens is 380 g/mol.